The smallest absolute Gasteiger partial charge is 0.278 e. The van der Waals surface area contributed by atoms with E-state index in [1.807, 2.05) is 30.3 Å². The van der Waals surface area contributed by atoms with E-state index in [0.29, 0.717) is 17.4 Å². The Labute approximate surface area is 123 Å². The van der Waals surface area contributed by atoms with Crippen molar-refractivity contribution in [1.82, 2.24) is 4.90 Å². The van der Waals surface area contributed by atoms with E-state index in [1.165, 1.54) is 11.8 Å². The van der Waals surface area contributed by atoms with Gasteiger partial charge in [-0.25, -0.2) is 4.99 Å². The molecular formula is C16H16N2OS. The lowest BCUT2D eigenvalue weighted by Crippen LogP contribution is -2.30. The minimum atomic E-state index is -0.0830. The van der Waals surface area contributed by atoms with Crippen molar-refractivity contribution in [3.63, 3.8) is 0 Å². The number of amides is 1. The lowest BCUT2D eigenvalue weighted by atomic mass is 10.2. The highest BCUT2D eigenvalue weighted by molar-refractivity contribution is 8.14. The fraction of sp³-hybridized carbons (Fsp3) is 0.125. The van der Waals surface area contributed by atoms with Crippen LogP contribution in [-0.2, 0) is 4.79 Å². The predicted molar refractivity (Wildman–Crippen MR) is 86.4 cm³/mol. The van der Waals surface area contributed by atoms with Crippen LogP contribution in [0.1, 0.15) is 5.56 Å². The number of amidine groups is 1. The van der Waals surface area contributed by atoms with Gasteiger partial charge >= 0.3 is 0 Å². The Balaban J connectivity index is 2.27. The van der Waals surface area contributed by atoms with Crippen molar-refractivity contribution in [3.8, 4) is 0 Å². The van der Waals surface area contributed by atoms with Gasteiger partial charge < -0.3 is 0 Å². The van der Waals surface area contributed by atoms with E-state index in [-0.39, 0.29) is 5.91 Å². The summed E-state index contributed by atoms with van der Waals surface area (Å²) in [7, 11) is 0. The molecule has 0 unspecified atom stereocenters. The summed E-state index contributed by atoms with van der Waals surface area (Å²) in [5.41, 5.74) is 1.43. The van der Waals surface area contributed by atoms with E-state index in [9.17, 15) is 4.79 Å². The molecule has 3 nitrogen and oxygen atoms in total. The minimum absolute atomic E-state index is 0.0830. The normalized spacial score (nSPS) is 16.4. The van der Waals surface area contributed by atoms with E-state index in [0.717, 1.165) is 11.3 Å². The Kier molecular flexibility index (Phi) is 4.96. The van der Waals surface area contributed by atoms with Gasteiger partial charge in [-0.2, -0.15) is 0 Å². The largest absolute Gasteiger partial charge is 0.282 e. The first-order valence-corrected chi connectivity index (χ1v) is 7.26. The third-order valence-corrected chi connectivity index (χ3v) is 3.63. The summed E-state index contributed by atoms with van der Waals surface area (Å²) in [4.78, 5) is 18.4. The van der Waals surface area contributed by atoms with E-state index >= 15 is 0 Å². The summed E-state index contributed by atoms with van der Waals surface area (Å²) in [6, 6.07) is 9.71. The SMILES string of the molecule is C=CCSC1=N/C(=C\c2ccccc2)C(=O)N1CC=C. The number of hydrogen-bond donors (Lipinski definition) is 0. The molecule has 1 heterocycles. The third-order valence-electron chi connectivity index (χ3n) is 2.66. The molecule has 0 aromatic heterocycles. The van der Waals surface area contributed by atoms with Crippen molar-refractivity contribution in [3.05, 3.63) is 66.9 Å². The first kappa shape index (κ1) is 14.3. The second-order valence-electron chi connectivity index (χ2n) is 4.14. The second-order valence-corrected chi connectivity index (χ2v) is 5.13. The van der Waals surface area contributed by atoms with Crippen LogP contribution in [0.2, 0.25) is 0 Å². The summed E-state index contributed by atoms with van der Waals surface area (Å²) < 4.78 is 0. The summed E-state index contributed by atoms with van der Waals surface area (Å²) >= 11 is 1.50. The average molecular weight is 284 g/mol. The van der Waals surface area contributed by atoms with Gasteiger partial charge in [-0.05, 0) is 11.6 Å². The number of rotatable bonds is 5. The first-order valence-electron chi connectivity index (χ1n) is 6.28. The molecule has 102 valence electrons. The lowest BCUT2D eigenvalue weighted by Gasteiger charge is -2.14. The Morgan fingerprint density at radius 3 is 2.60 bits per heavy atom. The molecule has 0 N–H and O–H groups in total. The van der Waals surface area contributed by atoms with Crippen LogP contribution in [0, 0.1) is 0 Å². The molecule has 1 aromatic carbocycles. The molecule has 1 aliphatic rings. The molecule has 0 aliphatic carbocycles. The van der Waals surface area contributed by atoms with Gasteiger partial charge in [-0.15, -0.1) is 13.2 Å². The summed E-state index contributed by atoms with van der Waals surface area (Å²) in [6.07, 6.45) is 5.30. The van der Waals surface area contributed by atoms with Crippen LogP contribution in [0.25, 0.3) is 6.08 Å². The van der Waals surface area contributed by atoms with Crippen molar-refractivity contribution in [2.24, 2.45) is 4.99 Å². The summed E-state index contributed by atoms with van der Waals surface area (Å²) in [6.45, 7) is 7.84. The quantitative estimate of drug-likeness (QED) is 0.613. The number of hydrogen-bond acceptors (Lipinski definition) is 3. The van der Waals surface area contributed by atoms with Gasteiger partial charge in [0, 0.05) is 12.3 Å². The fourth-order valence-electron chi connectivity index (χ4n) is 1.77. The number of carbonyl (C=O) groups is 1. The maximum Gasteiger partial charge on any atom is 0.278 e. The van der Waals surface area contributed by atoms with Crippen molar-refractivity contribution < 1.29 is 4.79 Å². The van der Waals surface area contributed by atoms with Gasteiger partial charge in [0.1, 0.15) is 5.70 Å². The van der Waals surface area contributed by atoms with E-state index in [4.69, 9.17) is 0 Å². The van der Waals surface area contributed by atoms with Crippen molar-refractivity contribution in [2.45, 2.75) is 0 Å². The molecule has 0 saturated heterocycles. The number of thioether (sulfide) groups is 1. The molecule has 1 aromatic rings. The maximum absolute atomic E-state index is 12.3. The molecule has 1 aliphatic heterocycles. The van der Waals surface area contributed by atoms with Gasteiger partial charge in [-0.3, -0.25) is 9.69 Å². The molecule has 1 amide bonds. The van der Waals surface area contributed by atoms with Crippen LogP contribution in [0.15, 0.2) is 66.3 Å². The van der Waals surface area contributed by atoms with Crippen LogP contribution in [0.5, 0.6) is 0 Å². The average Bonchev–Trinajstić information content (AvgIpc) is 2.75. The van der Waals surface area contributed by atoms with Gasteiger partial charge in [-0.1, -0.05) is 54.2 Å². The standard InChI is InChI=1S/C16H16N2OS/c1-3-10-18-15(19)14(17-16(18)20-11-4-2)12-13-8-6-5-7-9-13/h3-9,12H,1-2,10-11H2/b14-12-. The number of carbonyl (C=O) groups excluding carboxylic acids is 1. The Hall–Kier alpha value is -2.07. The van der Waals surface area contributed by atoms with Gasteiger partial charge in [0.05, 0.1) is 0 Å². The van der Waals surface area contributed by atoms with Crippen LogP contribution >= 0.6 is 11.8 Å². The summed E-state index contributed by atoms with van der Waals surface area (Å²) in [5.74, 6) is 0.638. The van der Waals surface area contributed by atoms with Crippen LogP contribution in [0.3, 0.4) is 0 Å². The molecule has 0 saturated carbocycles. The van der Waals surface area contributed by atoms with E-state index in [2.05, 4.69) is 18.2 Å². The van der Waals surface area contributed by atoms with Crippen LogP contribution in [-0.4, -0.2) is 28.3 Å². The van der Waals surface area contributed by atoms with E-state index < -0.39 is 0 Å². The van der Waals surface area contributed by atoms with Crippen molar-refractivity contribution in [1.29, 1.82) is 0 Å². The molecule has 4 heteroatoms. The second kappa shape index (κ2) is 6.91. The Bertz CT molecular complexity index is 575. The molecule has 20 heavy (non-hydrogen) atoms. The highest BCUT2D eigenvalue weighted by atomic mass is 32.2. The van der Waals surface area contributed by atoms with Crippen molar-refractivity contribution >= 4 is 28.9 Å². The minimum Gasteiger partial charge on any atom is -0.282 e. The molecule has 2 rings (SSSR count). The third kappa shape index (κ3) is 3.27. The number of nitrogens with zero attached hydrogens (tertiary/aromatic N) is 2. The topological polar surface area (TPSA) is 32.7 Å². The number of aliphatic imine (C=N–C) groups is 1. The molecule has 0 radical (unpaired) electrons. The van der Waals surface area contributed by atoms with Crippen LogP contribution < -0.4 is 0 Å². The number of benzene rings is 1. The molecule has 0 fully saturated rings. The van der Waals surface area contributed by atoms with Gasteiger partial charge in [0.15, 0.2) is 5.17 Å². The highest BCUT2D eigenvalue weighted by Crippen LogP contribution is 2.23. The zero-order chi connectivity index (χ0) is 14.4. The highest BCUT2D eigenvalue weighted by Gasteiger charge is 2.29. The maximum atomic E-state index is 12.3. The zero-order valence-electron chi connectivity index (χ0n) is 11.2. The Morgan fingerprint density at radius 2 is 1.95 bits per heavy atom. The molecular weight excluding hydrogens is 268 g/mol. The summed E-state index contributed by atoms with van der Waals surface area (Å²) in [5, 5.41) is 0.706. The zero-order valence-corrected chi connectivity index (χ0v) is 12.0. The van der Waals surface area contributed by atoms with Gasteiger partial charge in [0.25, 0.3) is 5.91 Å². The van der Waals surface area contributed by atoms with Gasteiger partial charge in [0.2, 0.25) is 0 Å². The van der Waals surface area contributed by atoms with E-state index in [1.54, 1.807) is 23.1 Å². The van der Waals surface area contributed by atoms with Crippen molar-refractivity contribution in [2.75, 3.05) is 12.3 Å². The molecule has 0 bridgehead atoms. The van der Waals surface area contributed by atoms with Crippen LogP contribution in [0.4, 0.5) is 0 Å². The fourth-order valence-corrected chi connectivity index (χ4v) is 2.51. The lowest BCUT2D eigenvalue weighted by molar-refractivity contribution is -0.122. The first-order chi connectivity index (χ1) is 9.76. The Morgan fingerprint density at radius 1 is 1.20 bits per heavy atom. The predicted octanol–water partition coefficient (Wildman–Crippen LogP) is 3.33. The molecule has 0 spiro atoms. The monoisotopic (exact) mass is 284 g/mol. The molecule has 0 atom stereocenters.